The summed E-state index contributed by atoms with van der Waals surface area (Å²) in [6.45, 7) is 1.94. The second-order valence-corrected chi connectivity index (χ2v) is 8.18. The maximum absolute atomic E-state index is 13.1. The van der Waals surface area contributed by atoms with Crippen molar-refractivity contribution in [3.8, 4) is 20.9 Å². The second kappa shape index (κ2) is 6.30. The lowest BCUT2D eigenvalue weighted by atomic mass is 10.1. The van der Waals surface area contributed by atoms with E-state index < -0.39 is 5.51 Å². The fourth-order valence-corrected chi connectivity index (χ4v) is 5.11. The maximum Gasteiger partial charge on any atom is 0.447 e. The Hall–Kier alpha value is -1.31. The van der Waals surface area contributed by atoms with E-state index in [0.717, 1.165) is 32.2 Å². The zero-order valence-corrected chi connectivity index (χ0v) is 14.2. The third-order valence-electron chi connectivity index (χ3n) is 3.03. The van der Waals surface area contributed by atoms with Gasteiger partial charge in [-0.25, -0.2) is 4.39 Å². The molecule has 2 aromatic heterocycles. The van der Waals surface area contributed by atoms with Gasteiger partial charge in [-0.15, -0.1) is 22.7 Å². The van der Waals surface area contributed by atoms with Gasteiger partial charge in [0.1, 0.15) is 5.82 Å². The Morgan fingerprint density at radius 1 is 1.04 bits per heavy atom. The zero-order chi connectivity index (χ0) is 16.6. The van der Waals surface area contributed by atoms with E-state index in [1.54, 1.807) is 18.2 Å². The first kappa shape index (κ1) is 16.5. The minimum Gasteiger partial charge on any atom is -0.207 e. The van der Waals surface area contributed by atoms with Gasteiger partial charge in [-0.3, -0.25) is 0 Å². The first-order chi connectivity index (χ1) is 10.8. The topological polar surface area (TPSA) is 0 Å². The normalized spacial score (nSPS) is 11.9. The second-order valence-electron chi connectivity index (χ2n) is 4.85. The number of aryl methyl sites for hydroxylation is 1. The van der Waals surface area contributed by atoms with Crippen LogP contribution in [0.2, 0.25) is 0 Å². The van der Waals surface area contributed by atoms with Gasteiger partial charge in [-0.1, -0.05) is 12.1 Å². The maximum atomic E-state index is 13.1. The molecule has 2 heterocycles. The molecule has 0 N–H and O–H groups in total. The van der Waals surface area contributed by atoms with Crippen molar-refractivity contribution < 1.29 is 17.6 Å². The van der Waals surface area contributed by atoms with Crippen molar-refractivity contribution in [2.45, 2.75) is 16.6 Å². The van der Waals surface area contributed by atoms with Gasteiger partial charge in [0.15, 0.2) is 0 Å². The fourth-order valence-electron chi connectivity index (χ4n) is 2.10. The molecular formula is C16H10F4S3. The molecule has 0 atom stereocenters. The molecule has 0 amide bonds. The summed E-state index contributed by atoms with van der Waals surface area (Å²) in [6, 6.07) is 9.32. The van der Waals surface area contributed by atoms with Crippen molar-refractivity contribution in [1.29, 1.82) is 0 Å². The van der Waals surface area contributed by atoms with Crippen LogP contribution in [0.15, 0.2) is 46.0 Å². The lowest BCUT2D eigenvalue weighted by Crippen LogP contribution is -1.97. The van der Waals surface area contributed by atoms with Crippen molar-refractivity contribution in [3.63, 3.8) is 0 Å². The minimum absolute atomic E-state index is 0.116. The van der Waals surface area contributed by atoms with Crippen LogP contribution >= 0.6 is 34.4 Å². The van der Waals surface area contributed by atoms with E-state index in [1.165, 1.54) is 23.5 Å². The molecule has 0 spiro atoms. The van der Waals surface area contributed by atoms with Crippen molar-refractivity contribution >= 4 is 34.4 Å². The Morgan fingerprint density at radius 2 is 1.74 bits per heavy atom. The molecule has 0 saturated carbocycles. The first-order valence-electron chi connectivity index (χ1n) is 6.53. The molecule has 0 unspecified atom stereocenters. The molecule has 3 rings (SSSR count). The molecule has 1 aromatic carbocycles. The average Bonchev–Trinajstić information content (AvgIpc) is 3.04. The molecule has 0 saturated heterocycles. The van der Waals surface area contributed by atoms with E-state index in [0.29, 0.717) is 5.56 Å². The van der Waals surface area contributed by atoms with Gasteiger partial charge in [0.25, 0.3) is 0 Å². The number of rotatable bonds is 3. The summed E-state index contributed by atoms with van der Waals surface area (Å²) in [6.07, 6.45) is 0. The SMILES string of the molecule is Cc1csc(-c2cc(SC(F)(F)F)sc2-c2ccc(F)cc2)c1. The van der Waals surface area contributed by atoms with Crippen LogP contribution in [0.3, 0.4) is 0 Å². The van der Waals surface area contributed by atoms with Crippen molar-refractivity contribution in [3.05, 3.63) is 53.2 Å². The first-order valence-corrected chi connectivity index (χ1v) is 9.04. The molecule has 0 aliphatic carbocycles. The fraction of sp³-hybridized carbons (Fsp3) is 0.125. The van der Waals surface area contributed by atoms with Crippen LogP contribution < -0.4 is 0 Å². The monoisotopic (exact) mass is 374 g/mol. The summed E-state index contributed by atoms with van der Waals surface area (Å²) in [5, 5.41) is 1.96. The highest BCUT2D eigenvalue weighted by Gasteiger charge is 2.31. The Kier molecular flexibility index (Phi) is 4.53. The summed E-state index contributed by atoms with van der Waals surface area (Å²) in [5.74, 6) is -0.372. The molecule has 0 radical (unpaired) electrons. The summed E-state index contributed by atoms with van der Waals surface area (Å²) >= 11 is 2.45. The molecule has 0 aliphatic rings. The van der Waals surface area contributed by atoms with E-state index in [4.69, 9.17) is 0 Å². The zero-order valence-electron chi connectivity index (χ0n) is 11.8. The van der Waals surface area contributed by atoms with Gasteiger partial charge in [0.05, 0.1) is 4.21 Å². The molecule has 0 bridgehead atoms. The number of benzene rings is 1. The molecule has 0 nitrogen and oxygen atoms in total. The van der Waals surface area contributed by atoms with Crippen LogP contribution in [-0.2, 0) is 0 Å². The number of hydrogen-bond acceptors (Lipinski definition) is 3. The van der Waals surface area contributed by atoms with Crippen LogP contribution in [0.5, 0.6) is 0 Å². The number of alkyl halides is 3. The van der Waals surface area contributed by atoms with Gasteiger partial charge in [0, 0.05) is 15.3 Å². The Balaban J connectivity index is 2.10. The predicted molar refractivity (Wildman–Crippen MR) is 89.7 cm³/mol. The minimum atomic E-state index is -4.33. The average molecular weight is 374 g/mol. The van der Waals surface area contributed by atoms with Crippen LogP contribution in [0.25, 0.3) is 20.9 Å². The third-order valence-corrected chi connectivity index (χ3v) is 6.14. The highest BCUT2D eigenvalue weighted by atomic mass is 32.2. The molecule has 7 heteroatoms. The highest BCUT2D eigenvalue weighted by molar-refractivity contribution is 8.02. The Bertz CT molecular complexity index is 813. The molecule has 120 valence electrons. The Labute approximate surface area is 142 Å². The largest absolute Gasteiger partial charge is 0.447 e. The third kappa shape index (κ3) is 3.97. The predicted octanol–water partition coefficient (Wildman–Crippen LogP) is 7.20. The lowest BCUT2D eigenvalue weighted by molar-refractivity contribution is -0.0326. The quantitative estimate of drug-likeness (QED) is 0.345. The molecule has 0 aliphatic heterocycles. The summed E-state index contributed by atoms with van der Waals surface area (Å²) in [4.78, 5) is 1.63. The highest BCUT2D eigenvalue weighted by Crippen LogP contribution is 2.48. The summed E-state index contributed by atoms with van der Waals surface area (Å²) in [5.41, 5.74) is -1.79. The molecule has 23 heavy (non-hydrogen) atoms. The van der Waals surface area contributed by atoms with Gasteiger partial charge in [-0.2, -0.15) is 13.2 Å². The van der Waals surface area contributed by atoms with Gasteiger partial charge >= 0.3 is 5.51 Å². The van der Waals surface area contributed by atoms with Gasteiger partial charge < -0.3 is 0 Å². The van der Waals surface area contributed by atoms with Crippen LogP contribution in [0, 0.1) is 12.7 Å². The van der Waals surface area contributed by atoms with Gasteiger partial charge in [-0.05, 0) is 59.5 Å². The molecular weight excluding hydrogens is 364 g/mol. The van der Waals surface area contributed by atoms with E-state index in [9.17, 15) is 17.6 Å². The summed E-state index contributed by atoms with van der Waals surface area (Å²) in [7, 11) is 0. The Morgan fingerprint density at radius 3 is 2.30 bits per heavy atom. The van der Waals surface area contributed by atoms with E-state index in [2.05, 4.69) is 0 Å². The molecule has 3 aromatic rings. The number of halogens is 4. The number of thiophene rings is 2. The van der Waals surface area contributed by atoms with Crippen LogP contribution in [0.1, 0.15) is 5.56 Å². The van der Waals surface area contributed by atoms with Crippen molar-refractivity contribution in [2.24, 2.45) is 0 Å². The smallest absolute Gasteiger partial charge is 0.207 e. The van der Waals surface area contributed by atoms with Crippen molar-refractivity contribution in [1.82, 2.24) is 0 Å². The number of hydrogen-bond donors (Lipinski definition) is 0. The molecule has 0 fully saturated rings. The van der Waals surface area contributed by atoms with E-state index in [-0.39, 0.29) is 21.8 Å². The number of thioether (sulfide) groups is 1. The summed E-state index contributed by atoms with van der Waals surface area (Å²) < 4.78 is 51.3. The van der Waals surface area contributed by atoms with Crippen LogP contribution in [0.4, 0.5) is 17.6 Å². The van der Waals surface area contributed by atoms with Gasteiger partial charge in [0.2, 0.25) is 0 Å². The van der Waals surface area contributed by atoms with Crippen molar-refractivity contribution in [2.75, 3.05) is 0 Å². The van der Waals surface area contributed by atoms with E-state index >= 15 is 0 Å². The lowest BCUT2D eigenvalue weighted by Gasteiger charge is -2.02. The van der Waals surface area contributed by atoms with E-state index in [1.807, 2.05) is 18.4 Å². The standard InChI is InChI=1S/C16H10F4S3/c1-9-6-13(21-8-9)12-7-14(23-16(18,19)20)22-15(12)10-2-4-11(17)5-3-10/h2-8H,1H3. The van der Waals surface area contributed by atoms with Crippen LogP contribution in [-0.4, -0.2) is 5.51 Å².